The highest BCUT2D eigenvalue weighted by atomic mass is 32.2. The van der Waals surface area contributed by atoms with Crippen LogP contribution < -0.4 is 0 Å². The summed E-state index contributed by atoms with van der Waals surface area (Å²) in [5.74, 6) is 0.247. The molecule has 3 unspecified atom stereocenters. The fourth-order valence-electron chi connectivity index (χ4n) is 3.09. The maximum absolute atomic E-state index is 11.6. The summed E-state index contributed by atoms with van der Waals surface area (Å²) >= 11 is 0. The van der Waals surface area contributed by atoms with Crippen LogP contribution >= 0.6 is 0 Å². The third kappa shape index (κ3) is 4.98. The van der Waals surface area contributed by atoms with Gasteiger partial charge in [-0.15, -0.1) is 0 Å². The molecule has 6 heteroatoms. The SMILES string of the molecule is CCC(CC)C(O)C(O)CC1CCCN(S(C)(=O)=O)C1. The summed E-state index contributed by atoms with van der Waals surface area (Å²) in [4.78, 5) is 0. The van der Waals surface area contributed by atoms with Crippen molar-refractivity contribution in [2.75, 3.05) is 19.3 Å². The highest BCUT2D eigenvalue weighted by Gasteiger charge is 2.30. The molecule has 5 nitrogen and oxygen atoms in total. The summed E-state index contributed by atoms with van der Waals surface area (Å²) < 4.78 is 24.6. The fraction of sp³-hybridized carbons (Fsp3) is 1.00. The van der Waals surface area contributed by atoms with Crippen molar-refractivity contribution >= 4 is 10.0 Å². The molecule has 2 N–H and O–H groups in total. The van der Waals surface area contributed by atoms with Crippen LogP contribution in [0.5, 0.6) is 0 Å². The predicted octanol–water partition coefficient (Wildman–Crippen LogP) is 1.21. The summed E-state index contributed by atoms with van der Waals surface area (Å²) in [7, 11) is -3.15. The molecule has 0 bridgehead atoms. The summed E-state index contributed by atoms with van der Waals surface area (Å²) in [5, 5.41) is 20.3. The van der Waals surface area contributed by atoms with Gasteiger partial charge in [-0.3, -0.25) is 0 Å². The van der Waals surface area contributed by atoms with E-state index in [9.17, 15) is 18.6 Å². The summed E-state index contributed by atoms with van der Waals surface area (Å²) in [5.41, 5.74) is 0. The first kappa shape index (κ1) is 17.9. The molecule has 1 aliphatic rings. The zero-order valence-electron chi connectivity index (χ0n) is 12.8. The lowest BCUT2D eigenvalue weighted by Gasteiger charge is -2.34. The zero-order chi connectivity index (χ0) is 15.3. The van der Waals surface area contributed by atoms with Gasteiger partial charge in [-0.25, -0.2) is 12.7 Å². The molecule has 0 aromatic carbocycles. The molecule has 1 saturated heterocycles. The van der Waals surface area contributed by atoms with Gasteiger partial charge in [0.15, 0.2) is 0 Å². The lowest BCUT2D eigenvalue weighted by Crippen LogP contribution is -2.42. The smallest absolute Gasteiger partial charge is 0.211 e. The van der Waals surface area contributed by atoms with Gasteiger partial charge in [0.05, 0.1) is 18.5 Å². The van der Waals surface area contributed by atoms with Crippen molar-refractivity contribution in [1.82, 2.24) is 4.31 Å². The van der Waals surface area contributed by atoms with E-state index in [-0.39, 0.29) is 11.8 Å². The van der Waals surface area contributed by atoms with Gasteiger partial charge in [0.25, 0.3) is 0 Å². The molecule has 0 aromatic heterocycles. The predicted molar refractivity (Wildman–Crippen MR) is 79.8 cm³/mol. The van der Waals surface area contributed by atoms with Crippen molar-refractivity contribution in [2.24, 2.45) is 11.8 Å². The monoisotopic (exact) mass is 307 g/mol. The number of nitrogens with zero attached hydrogens (tertiary/aromatic N) is 1. The molecule has 0 saturated carbocycles. The van der Waals surface area contributed by atoms with Crippen molar-refractivity contribution < 1.29 is 18.6 Å². The first-order valence-corrected chi connectivity index (χ1v) is 9.45. The molecule has 0 aliphatic carbocycles. The second-order valence-corrected chi connectivity index (χ2v) is 7.98. The largest absolute Gasteiger partial charge is 0.390 e. The van der Waals surface area contributed by atoms with Crippen LogP contribution in [0.25, 0.3) is 0 Å². The number of hydrogen-bond donors (Lipinski definition) is 2. The number of piperidine rings is 1. The molecule has 1 aliphatic heterocycles. The van der Waals surface area contributed by atoms with Crippen LogP contribution in [-0.2, 0) is 10.0 Å². The maximum atomic E-state index is 11.6. The van der Waals surface area contributed by atoms with E-state index < -0.39 is 22.2 Å². The van der Waals surface area contributed by atoms with Gasteiger partial charge in [-0.2, -0.15) is 0 Å². The average molecular weight is 307 g/mol. The van der Waals surface area contributed by atoms with E-state index in [0.29, 0.717) is 19.5 Å². The van der Waals surface area contributed by atoms with Crippen LogP contribution in [0.2, 0.25) is 0 Å². The lowest BCUT2D eigenvalue weighted by molar-refractivity contribution is -0.0336. The Morgan fingerprint density at radius 1 is 1.25 bits per heavy atom. The Hall–Kier alpha value is -0.170. The number of sulfonamides is 1. The Morgan fingerprint density at radius 3 is 2.35 bits per heavy atom. The minimum absolute atomic E-state index is 0.111. The minimum Gasteiger partial charge on any atom is -0.390 e. The van der Waals surface area contributed by atoms with Gasteiger partial charge in [-0.1, -0.05) is 26.7 Å². The van der Waals surface area contributed by atoms with Crippen LogP contribution in [0.15, 0.2) is 0 Å². The van der Waals surface area contributed by atoms with Gasteiger partial charge in [0, 0.05) is 13.1 Å². The highest BCUT2D eigenvalue weighted by molar-refractivity contribution is 7.88. The van der Waals surface area contributed by atoms with Crippen LogP contribution in [0.1, 0.15) is 46.0 Å². The third-order valence-electron chi connectivity index (χ3n) is 4.45. The van der Waals surface area contributed by atoms with Crippen LogP contribution in [-0.4, -0.2) is 54.5 Å². The van der Waals surface area contributed by atoms with E-state index >= 15 is 0 Å². The Balaban J connectivity index is 2.55. The Morgan fingerprint density at radius 2 is 1.85 bits per heavy atom. The Bertz CT molecular complexity index is 381. The van der Waals surface area contributed by atoms with E-state index in [2.05, 4.69) is 0 Å². The highest BCUT2D eigenvalue weighted by Crippen LogP contribution is 2.26. The summed E-state index contributed by atoms with van der Waals surface area (Å²) in [6.45, 7) is 5.05. The van der Waals surface area contributed by atoms with Crippen molar-refractivity contribution in [3.63, 3.8) is 0 Å². The Labute approximate surface area is 123 Å². The van der Waals surface area contributed by atoms with Crippen LogP contribution in [0.3, 0.4) is 0 Å². The van der Waals surface area contributed by atoms with Gasteiger partial charge >= 0.3 is 0 Å². The van der Waals surface area contributed by atoms with E-state index in [1.54, 1.807) is 0 Å². The number of aliphatic hydroxyl groups excluding tert-OH is 2. The maximum Gasteiger partial charge on any atom is 0.211 e. The van der Waals surface area contributed by atoms with Crippen molar-refractivity contribution in [1.29, 1.82) is 0 Å². The number of hydrogen-bond acceptors (Lipinski definition) is 4. The van der Waals surface area contributed by atoms with E-state index in [4.69, 9.17) is 0 Å². The molecule has 3 atom stereocenters. The molecular formula is C14H29NO4S. The fourth-order valence-corrected chi connectivity index (χ4v) is 4.03. The molecule has 0 aromatic rings. The quantitative estimate of drug-likeness (QED) is 0.741. The second-order valence-electron chi connectivity index (χ2n) is 6.00. The number of aliphatic hydroxyl groups is 2. The summed E-state index contributed by atoms with van der Waals surface area (Å²) in [6.07, 6.45) is 3.66. The van der Waals surface area contributed by atoms with Crippen molar-refractivity contribution in [2.45, 2.75) is 58.2 Å². The van der Waals surface area contributed by atoms with Gasteiger partial charge in [0.1, 0.15) is 0 Å². The molecule has 1 rings (SSSR count). The van der Waals surface area contributed by atoms with E-state index in [1.165, 1.54) is 10.6 Å². The van der Waals surface area contributed by atoms with E-state index in [0.717, 1.165) is 25.7 Å². The molecule has 120 valence electrons. The van der Waals surface area contributed by atoms with Gasteiger partial charge in [0.2, 0.25) is 10.0 Å². The Kier molecular flexibility index (Phi) is 6.91. The summed E-state index contributed by atoms with van der Waals surface area (Å²) in [6, 6.07) is 0. The molecule has 0 amide bonds. The molecule has 0 radical (unpaired) electrons. The minimum atomic E-state index is -3.15. The van der Waals surface area contributed by atoms with Gasteiger partial charge in [-0.05, 0) is 31.1 Å². The second kappa shape index (κ2) is 7.73. The van der Waals surface area contributed by atoms with Gasteiger partial charge < -0.3 is 10.2 Å². The number of rotatable bonds is 7. The standard InChI is InChI=1S/C14H29NO4S/c1-4-12(5-2)14(17)13(16)9-11-7-6-8-15(10-11)20(3,18)19/h11-14,16-17H,4-10H2,1-3H3. The normalized spacial score (nSPS) is 24.8. The molecule has 1 heterocycles. The lowest BCUT2D eigenvalue weighted by atomic mass is 9.86. The van der Waals surface area contributed by atoms with Crippen LogP contribution in [0, 0.1) is 11.8 Å². The first-order valence-electron chi connectivity index (χ1n) is 7.60. The van der Waals surface area contributed by atoms with Crippen molar-refractivity contribution in [3.8, 4) is 0 Å². The van der Waals surface area contributed by atoms with E-state index in [1.807, 2.05) is 13.8 Å². The zero-order valence-corrected chi connectivity index (χ0v) is 13.6. The van der Waals surface area contributed by atoms with Crippen molar-refractivity contribution in [3.05, 3.63) is 0 Å². The van der Waals surface area contributed by atoms with Crippen LogP contribution in [0.4, 0.5) is 0 Å². The molecule has 20 heavy (non-hydrogen) atoms. The third-order valence-corrected chi connectivity index (χ3v) is 5.72. The molecule has 1 fully saturated rings. The topological polar surface area (TPSA) is 77.8 Å². The first-order chi connectivity index (χ1) is 9.29. The average Bonchev–Trinajstić information content (AvgIpc) is 2.39. The molecule has 0 spiro atoms. The molecular weight excluding hydrogens is 278 g/mol.